The number of hydrogen-bond donors (Lipinski definition) is 0. The van der Waals surface area contributed by atoms with Crippen molar-refractivity contribution in [3.05, 3.63) is 35.6 Å². The van der Waals surface area contributed by atoms with Crippen molar-refractivity contribution in [1.82, 2.24) is 0 Å². The van der Waals surface area contributed by atoms with E-state index in [0.717, 1.165) is 29.5 Å². The van der Waals surface area contributed by atoms with Gasteiger partial charge in [0.25, 0.3) is 0 Å². The lowest BCUT2D eigenvalue weighted by atomic mass is 10.2. The summed E-state index contributed by atoms with van der Waals surface area (Å²) in [4.78, 5) is 0. The predicted octanol–water partition coefficient (Wildman–Crippen LogP) is 4.07. The number of benzene rings is 1. The van der Waals surface area contributed by atoms with Crippen LogP contribution in [0, 0.1) is 6.92 Å². The van der Waals surface area contributed by atoms with Crippen LogP contribution in [0.4, 0.5) is 0 Å². The Labute approximate surface area is 92.2 Å². The van der Waals surface area contributed by atoms with Gasteiger partial charge in [-0.2, -0.15) is 0 Å². The maximum Gasteiger partial charge on any atom is 0.137 e. The zero-order valence-electron chi connectivity index (χ0n) is 8.22. The lowest BCUT2D eigenvalue weighted by Gasteiger charge is -1.93. The SMILES string of the molecule is Cc1cccc2cc(CCCBr)oc12. The first-order chi connectivity index (χ1) is 6.81. The van der Waals surface area contributed by atoms with E-state index >= 15 is 0 Å². The van der Waals surface area contributed by atoms with Crippen LogP contribution in [0.1, 0.15) is 17.7 Å². The maximum absolute atomic E-state index is 5.78. The Morgan fingerprint density at radius 3 is 2.93 bits per heavy atom. The molecule has 0 saturated carbocycles. The molecule has 1 aromatic carbocycles. The van der Waals surface area contributed by atoms with E-state index in [-0.39, 0.29) is 0 Å². The molecule has 1 heterocycles. The van der Waals surface area contributed by atoms with Crippen LogP contribution >= 0.6 is 15.9 Å². The van der Waals surface area contributed by atoms with Crippen LogP contribution in [0.5, 0.6) is 0 Å². The monoisotopic (exact) mass is 252 g/mol. The Morgan fingerprint density at radius 2 is 2.21 bits per heavy atom. The molecule has 0 amide bonds. The van der Waals surface area contributed by atoms with Gasteiger partial charge >= 0.3 is 0 Å². The Morgan fingerprint density at radius 1 is 1.36 bits per heavy atom. The van der Waals surface area contributed by atoms with E-state index in [4.69, 9.17) is 4.42 Å². The molecule has 0 aliphatic heterocycles. The van der Waals surface area contributed by atoms with Crippen LogP contribution in [-0.2, 0) is 6.42 Å². The second-order valence-electron chi connectivity index (χ2n) is 3.50. The summed E-state index contributed by atoms with van der Waals surface area (Å²) in [5.41, 5.74) is 2.25. The van der Waals surface area contributed by atoms with Gasteiger partial charge in [0.05, 0.1) is 0 Å². The summed E-state index contributed by atoms with van der Waals surface area (Å²) in [6.45, 7) is 2.08. The molecule has 2 aromatic rings. The van der Waals surface area contributed by atoms with Gasteiger partial charge in [0.2, 0.25) is 0 Å². The summed E-state index contributed by atoms with van der Waals surface area (Å²) in [5.74, 6) is 1.09. The van der Waals surface area contributed by atoms with E-state index in [0.29, 0.717) is 0 Å². The van der Waals surface area contributed by atoms with Gasteiger partial charge in [-0.3, -0.25) is 0 Å². The van der Waals surface area contributed by atoms with E-state index in [1.807, 2.05) is 0 Å². The standard InChI is InChI=1S/C12H13BrO/c1-9-4-2-5-10-8-11(6-3-7-13)14-12(9)10/h2,4-5,8H,3,6-7H2,1H3. The highest BCUT2D eigenvalue weighted by Gasteiger charge is 2.04. The minimum Gasteiger partial charge on any atom is -0.461 e. The van der Waals surface area contributed by atoms with Gasteiger partial charge in [0.15, 0.2) is 0 Å². The Hall–Kier alpha value is -0.760. The third-order valence-electron chi connectivity index (χ3n) is 2.35. The molecular weight excluding hydrogens is 240 g/mol. The highest BCUT2D eigenvalue weighted by Crippen LogP contribution is 2.23. The zero-order valence-corrected chi connectivity index (χ0v) is 9.80. The molecule has 2 heteroatoms. The number of furan rings is 1. The van der Waals surface area contributed by atoms with Gasteiger partial charge in [-0.05, 0) is 25.0 Å². The normalized spacial score (nSPS) is 11.0. The largest absolute Gasteiger partial charge is 0.461 e. The topological polar surface area (TPSA) is 13.1 Å². The summed E-state index contributed by atoms with van der Waals surface area (Å²) >= 11 is 3.42. The van der Waals surface area contributed by atoms with Crippen molar-refractivity contribution in [2.45, 2.75) is 19.8 Å². The minimum atomic E-state index is 1.01. The van der Waals surface area contributed by atoms with Gasteiger partial charge in [0.1, 0.15) is 11.3 Å². The van der Waals surface area contributed by atoms with E-state index in [1.54, 1.807) is 0 Å². The second-order valence-corrected chi connectivity index (χ2v) is 4.29. The first-order valence-electron chi connectivity index (χ1n) is 4.85. The van der Waals surface area contributed by atoms with Crippen molar-refractivity contribution in [3.8, 4) is 0 Å². The third-order valence-corrected chi connectivity index (χ3v) is 2.91. The Bertz CT molecular complexity index is 431. The average molecular weight is 253 g/mol. The van der Waals surface area contributed by atoms with Crippen LogP contribution in [0.25, 0.3) is 11.0 Å². The van der Waals surface area contributed by atoms with E-state index < -0.39 is 0 Å². The molecule has 0 radical (unpaired) electrons. The van der Waals surface area contributed by atoms with E-state index in [2.05, 4.69) is 47.1 Å². The minimum absolute atomic E-state index is 1.01. The maximum atomic E-state index is 5.78. The van der Waals surface area contributed by atoms with Gasteiger partial charge in [-0.15, -0.1) is 0 Å². The quantitative estimate of drug-likeness (QED) is 0.751. The molecule has 0 bridgehead atoms. The van der Waals surface area contributed by atoms with E-state index in [1.165, 1.54) is 10.9 Å². The van der Waals surface area contributed by atoms with Gasteiger partial charge in [-0.1, -0.05) is 34.1 Å². The van der Waals surface area contributed by atoms with Crippen molar-refractivity contribution in [1.29, 1.82) is 0 Å². The molecule has 0 aliphatic rings. The van der Waals surface area contributed by atoms with Crippen molar-refractivity contribution in [2.75, 3.05) is 5.33 Å². The van der Waals surface area contributed by atoms with Crippen molar-refractivity contribution >= 4 is 26.9 Å². The van der Waals surface area contributed by atoms with E-state index in [9.17, 15) is 0 Å². The lowest BCUT2D eigenvalue weighted by molar-refractivity contribution is 0.544. The molecule has 74 valence electrons. The molecule has 0 saturated heterocycles. The fourth-order valence-electron chi connectivity index (χ4n) is 1.63. The number of halogens is 1. The Kier molecular flexibility index (Phi) is 2.92. The smallest absolute Gasteiger partial charge is 0.137 e. The van der Waals surface area contributed by atoms with Crippen LogP contribution in [0.15, 0.2) is 28.7 Å². The van der Waals surface area contributed by atoms with Crippen LogP contribution in [0.3, 0.4) is 0 Å². The van der Waals surface area contributed by atoms with Gasteiger partial charge < -0.3 is 4.42 Å². The van der Waals surface area contributed by atoms with Gasteiger partial charge in [-0.25, -0.2) is 0 Å². The zero-order chi connectivity index (χ0) is 9.97. The Balaban J connectivity index is 2.36. The molecule has 2 rings (SSSR count). The number of alkyl halides is 1. The average Bonchev–Trinajstić information content (AvgIpc) is 2.59. The van der Waals surface area contributed by atoms with Crippen LogP contribution < -0.4 is 0 Å². The molecule has 0 spiro atoms. The van der Waals surface area contributed by atoms with Crippen molar-refractivity contribution < 1.29 is 4.42 Å². The number of aryl methyl sites for hydroxylation is 2. The molecule has 0 N–H and O–H groups in total. The summed E-state index contributed by atoms with van der Waals surface area (Å²) in [6, 6.07) is 8.40. The summed E-state index contributed by atoms with van der Waals surface area (Å²) < 4.78 is 5.78. The number of rotatable bonds is 3. The summed E-state index contributed by atoms with van der Waals surface area (Å²) in [7, 11) is 0. The molecule has 0 atom stereocenters. The summed E-state index contributed by atoms with van der Waals surface area (Å²) in [6.07, 6.45) is 2.14. The van der Waals surface area contributed by atoms with Crippen LogP contribution in [-0.4, -0.2) is 5.33 Å². The third kappa shape index (κ3) is 1.85. The number of hydrogen-bond acceptors (Lipinski definition) is 1. The fraction of sp³-hybridized carbons (Fsp3) is 0.333. The van der Waals surface area contributed by atoms with Crippen molar-refractivity contribution in [3.63, 3.8) is 0 Å². The highest BCUT2D eigenvalue weighted by atomic mass is 79.9. The summed E-state index contributed by atoms with van der Waals surface area (Å²) in [5, 5.41) is 2.25. The molecule has 1 aromatic heterocycles. The molecule has 0 unspecified atom stereocenters. The number of fused-ring (bicyclic) bond motifs is 1. The van der Waals surface area contributed by atoms with Crippen LogP contribution in [0.2, 0.25) is 0 Å². The molecule has 14 heavy (non-hydrogen) atoms. The predicted molar refractivity (Wildman–Crippen MR) is 63.1 cm³/mol. The first-order valence-corrected chi connectivity index (χ1v) is 5.97. The highest BCUT2D eigenvalue weighted by molar-refractivity contribution is 9.09. The molecule has 1 nitrogen and oxygen atoms in total. The van der Waals surface area contributed by atoms with Crippen molar-refractivity contribution in [2.24, 2.45) is 0 Å². The molecule has 0 fully saturated rings. The lowest BCUT2D eigenvalue weighted by Crippen LogP contribution is -1.80. The fourth-order valence-corrected chi connectivity index (χ4v) is 1.91. The molecule has 0 aliphatic carbocycles. The first kappa shape index (κ1) is 9.78. The molecular formula is C12H13BrO. The second kappa shape index (κ2) is 4.18. The number of para-hydroxylation sites is 1. The van der Waals surface area contributed by atoms with Gasteiger partial charge in [0, 0.05) is 17.1 Å².